The Morgan fingerprint density at radius 3 is 1.22 bits per heavy atom. The van der Waals surface area contributed by atoms with Gasteiger partial charge in [-0.3, -0.25) is 9.54 Å². The Balaban J connectivity index is 0.000000264. The smallest absolute Gasteiger partial charge is 0.227 e. The molecular formula is C97H112F3Ge2Ir2N6O7S-3. The van der Waals surface area contributed by atoms with Crippen molar-refractivity contribution in [2.75, 3.05) is 14.2 Å². The van der Waals surface area contributed by atoms with Crippen LogP contribution in [-0.4, -0.2) is 99.3 Å². The van der Waals surface area contributed by atoms with Crippen molar-refractivity contribution in [1.82, 2.24) is 29.9 Å². The van der Waals surface area contributed by atoms with E-state index in [-0.39, 0.29) is 62.5 Å². The summed E-state index contributed by atoms with van der Waals surface area (Å²) >= 11 is -4.05. The second-order valence-corrected chi connectivity index (χ2v) is 54.9. The number of hydrogen-bond donors (Lipinski definition) is 3. The van der Waals surface area contributed by atoms with Gasteiger partial charge in [-0.25, -0.2) is 9.97 Å². The molecule has 2 radical (unpaired) electrons. The molecule has 21 heteroatoms. The molecule has 0 aliphatic carbocycles. The Kier molecular flexibility index (Phi) is 28.7. The summed E-state index contributed by atoms with van der Waals surface area (Å²) in [5.74, 6) is 12.9. The van der Waals surface area contributed by atoms with Crippen molar-refractivity contribution in [2.24, 2.45) is 10.8 Å². The molecule has 13 nitrogen and oxygen atoms in total. The molecule has 628 valence electrons. The molecule has 0 fully saturated rings. The molecule has 8 heterocycles. The van der Waals surface area contributed by atoms with Crippen LogP contribution in [0.3, 0.4) is 0 Å². The van der Waals surface area contributed by atoms with Gasteiger partial charge in [-0.05, 0) is 146 Å². The van der Waals surface area contributed by atoms with Gasteiger partial charge in [0, 0.05) is 113 Å². The van der Waals surface area contributed by atoms with Gasteiger partial charge in [0.2, 0.25) is 11.4 Å². The van der Waals surface area contributed by atoms with E-state index in [1.54, 1.807) is 53.7 Å². The van der Waals surface area contributed by atoms with Crippen LogP contribution in [0.1, 0.15) is 153 Å². The number of nitrogens with zero attached hydrogens (tertiary/aromatic N) is 6. The van der Waals surface area contributed by atoms with Crippen LogP contribution in [0.4, 0.5) is 13.2 Å². The van der Waals surface area contributed by atoms with E-state index in [4.69, 9.17) is 58.4 Å². The maximum absolute atomic E-state index is 10.7. The number of hydrogen-bond acceptors (Lipinski definition) is 12. The molecule has 0 saturated heterocycles. The van der Waals surface area contributed by atoms with Crippen molar-refractivity contribution < 1.29 is 102 Å². The number of furan rings is 2. The molecule has 3 N–H and O–H groups in total. The van der Waals surface area contributed by atoms with Gasteiger partial charge >= 0.3 is 257 Å². The number of rotatable bonds is 12. The number of halogens is 3. The largest absolute Gasteiger partial charge is 0.486 e. The van der Waals surface area contributed by atoms with Crippen molar-refractivity contribution in [3.8, 4) is 67.5 Å². The number of alkyl halides is 3. The van der Waals surface area contributed by atoms with Crippen LogP contribution in [0.5, 0.6) is 0 Å². The number of benzene rings is 6. The summed E-state index contributed by atoms with van der Waals surface area (Å²) in [6, 6.07) is 62.3. The first kappa shape index (κ1) is 80.9. The predicted octanol–water partition coefficient (Wildman–Crippen LogP) is 24.3. The maximum Gasteiger partial charge on any atom is 0.227 e. The van der Waals surface area contributed by atoms with Crippen LogP contribution in [-0.2, 0) is 63.1 Å². The summed E-state index contributed by atoms with van der Waals surface area (Å²) in [5.41, 5.74) is 11.2. The Bertz CT molecular complexity index is 6000. The molecular weight excluding hydrogens is 1980 g/mol. The third kappa shape index (κ3) is 25.2. The predicted molar refractivity (Wildman–Crippen MR) is 479 cm³/mol. The summed E-state index contributed by atoms with van der Waals surface area (Å²) in [4.78, 5) is 27.9. The summed E-state index contributed by atoms with van der Waals surface area (Å²) in [6.07, 6.45) is 2.69. The summed E-state index contributed by atoms with van der Waals surface area (Å²) in [5, 5.41) is 17.4. The number of aromatic nitrogens is 6. The molecule has 0 bridgehead atoms. The fourth-order valence-corrected chi connectivity index (χ4v) is 19.6. The van der Waals surface area contributed by atoms with Crippen molar-refractivity contribution >= 4 is 89.6 Å². The number of fused-ring (bicyclic) bond motifs is 6. The summed E-state index contributed by atoms with van der Waals surface area (Å²) in [6.45, 7) is 21.6. The van der Waals surface area contributed by atoms with Crippen LogP contribution in [0.2, 0.25) is 34.5 Å². The average molecular weight is 2100 g/mol. The number of para-hydroxylation sites is 1. The van der Waals surface area contributed by atoms with Gasteiger partial charge in [0.1, 0.15) is 5.58 Å². The van der Waals surface area contributed by atoms with Gasteiger partial charge in [0.05, 0.1) is 22.7 Å². The molecule has 14 aromatic rings. The fourth-order valence-electron chi connectivity index (χ4n) is 13.0. The monoisotopic (exact) mass is 2110 g/mol. The van der Waals surface area contributed by atoms with Crippen molar-refractivity contribution in [3.63, 3.8) is 0 Å². The number of aliphatic hydroxyl groups is 2. The van der Waals surface area contributed by atoms with Gasteiger partial charge in [0.25, 0.3) is 0 Å². The Hall–Kier alpha value is -8.18. The van der Waals surface area contributed by atoms with Crippen LogP contribution < -0.4 is 8.79 Å². The van der Waals surface area contributed by atoms with Crippen LogP contribution >= 0.6 is 0 Å². The molecule has 0 aliphatic heterocycles. The van der Waals surface area contributed by atoms with Crippen LogP contribution in [0.25, 0.3) is 112 Å². The molecule has 0 saturated carbocycles. The fraction of sp³-hybridized carbons (Fsp3) is 0.320. The molecule has 6 aromatic carbocycles. The third-order valence-electron chi connectivity index (χ3n) is 18.3. The zero-order valence-electron chi connectivity index (χ0n) is 82.8. The topological polar surface area (TPSA) is 198 Å². The second kappa shape index (κ2) is 41.9. The molecule has 0 spiro atoms. The first-order valence-corrected chi connectivity index (χ1v) is 53.8. The normalized spacial score (nSPS) is 13.8. The molecule has 0 atom stereocenters. The molecule has 118 heavy (non-hydrogen) atoms. The zero-order valence-corrected chi connectivity index (χ0v) is 80.6. The van der Waals surface area contributed by atoms with Gasteiger partial charge in [-0.15, -0.1) is 18.2 Å². The van der Waals surface area contributed by atoms with Crippen LogP contribution in [0.15, 0.2) is 197 Å². The Morgan fingerprint density at radius 1 is 0.466 bits per heavy atom. The van der Waals surface area contributed by atoms with E-state index in [1.165, 1.54) is 27.3 Å². The number of aliphatic hydroxyl groups excluding tert-OH is 2. The van der Waals surface area contributed by atoms with E-state index in [0.29, 0.717) is 45.1 Å². The maximum atomic E-state index is 10.7. The Labute approximate surface area is 746 Å². The Morgan fingerprint density at radius 2 is 0.847 bits per heavy atom. The van der Waals surface area contributed by atoms with E-state index in [1.807, 2.05) is 149 Å². The minimum absolute atomic E-state index is 0. The van der Waals surface area contributed by atoms with Crippen molar-refractivity contribution in [2.45, 2.75) is 175 Å². The molecule has 8 aromatic heterocycles. The van der Waals surface area contributed by atoms with Gasteiger partial charge in [-0.2, -0.15) is 21.6 Å². The van der Waals surface area contributed by atoms with E-state index in [0.717, 1.165) is 114 Å². The van der Waals surface area contributed by atoms with E-state index >= 15 is 0 Å². The third-order valence-corrected chi connectivity index (χ3v) is 27.3. The second-order valence-electron chi connectivity index (χ2n) is 32.3. The van der Waals surface area contributed by atoms with E-state index < -0.39 is 91.2 Å². The minimum atomic E-state index is -5.84. The average Bonchev–Trinajstić information content (AvgIpc) is 1.00. The number of pyridine rings is 6. The van der Waals surface area contributed by atoms with Gasteiger partial charge in [-0.1, -0.05) is 113 Å². The van der Waals surface area contributed by atoms with Gasteiger partial charge < -0.3 is 24.0 Å². The van der Waals surface area contributed by atoms with Crippen LogP contribution in [0, 0.1) is 70.4 Å². The number of aryl methyl sites for hydroxylation is 6. The standard InChI is InChI=1S/C30H30N2O.C30H29N2O.2C17H22GeN.CHF3O3S.2CH4O.2Ir/c2*1-18-9-7-10-19(2)27(18)25-14-13-23-22-11-8-12-24(28(22)33-29(23)32-25)26-15-21(16-30(4,5)6)20(3)17-31-26;2*1-13(2)15-11-17(14-9-7-6-8-10-14)19-12-16(15)18(3,4)5;2-1(3,4)8(5,6)7;2*1-2;;/h7-15,17H,16H2,1-6H3;7-11,13-15,17H,16H2,1-6H3;2*6-9,11-13H,1-5H3;(H,5,6,7);2*2H,1H3;;/q;3*-1;;;;;/i2*3D3,16D2;2*13D;;;;;. The molecule has 0 amide bonds. The minimum Gasteiger partial charge on any atom is -0.486 e. The van der Waals surface area contributed by atoms with Crippen molar-refractivity contribution in [1.29, 1.82) is 0 Å². The zero-order chi connectivity index (χ0) is 96.2. The van der Waals surface area contributed by atoms with Gasteiger partial charge in [0.15, 0.2) is 0 Å². The first-order valence-electron chi connectivity index (χ1n) is 43.7. The SMILES string of the molecule is CO.CO.O=S(=O)(O)C(F)(F)F.[2H]C(C)(C)c1cc(-c2[c-]cccc2)nc[c]1[Ge]([CH3])([CH3])[CH3].[2H]C(C)(C)c1cc(-c2[c-]cccc2)nc[c]1[Ge]([CH3])([CH3])[CH3].[2H]C([2H])([2H])c1cnc(-c2[c-]ccc3c2oc2nc(-c4c(C)cccc4C)ccc23)cc1C([2H])([2H])C(C)(C)C.[2H]C([2H])([2H])c1cnc(-c2cccc3c2oc2nc(-c4c(C)cccc4C)ccc23)cc1C([2H])([2H])C(C)(C)C.[Ir].[Ir]. The first-order chi connectivity index (χ1) is 59.0. The molecule has 0 aliphatic rings. The van der Waals surface area contributed by atoms with E-state index in [9.17, 15) is 13.2 Å². The summed E-state index contributed by atoms with van der Waals surface area (Å²) in [7, 11) is -3.84. The van der Waals surface area contributed by atoms with Crippen molar-refractivity contribution in [3.05, 3.63) is 262 Å². The molecule has 0 unspecified atom stereocenters. The quantitative estimate of drug-likeness (QED) is 0.0452. The molecule has 14 rings (SSSR count). The summed E-state index contributed by atoms with van der Waals surface area (Å²) < 4.78 is 173. The van der Waals surface area contributed by atoms with E-state index in [2.05, 4.69) is 137 Å².